The first-order valence-electron chi connectivity index (χ1n) is 9.78. The molecule has 0 fully saturated rings. The van der Waals surface area contributed by atoms with Crippen LogP contribution in [0, 0.1) is 6.92 Å². The number of aromatic nitrogens is 2. The molecular formula is C22H23ClN4O4S. The molecule has 1 heterocycles. The summed E-state index contributed by atoms with van der Waals surface area (Å²) in [5, 5.41) is 7.23. The number of nitrogens with two attached hydrogens (primary N) is 1. The van der Waals surface area contributed by atoms with Gasteiger partial charge < -0.3 is 11.1 Å². The Labute approximate surface area is 190 Å². The van der Waals surface area contributed by atoms with E-state index in [1.54, 1.807) is 43.3 Å². The van der Waals surface area contributed by atoms with Crippen LogP contribution >= 0.6 is 11.6 Å². The third kappa shape index (κ3) is 5.61. The van der Waals surface area contributed by atoms with Crippen LogP contribution in [0.25, 0.3) is 0 Å². The van der Waals surface area contributed by atoms with Gasteiger partial charge in [-0.15, -0.1) is 0 Å². The van der Waals surface area contributed by atoms with Crippen molar-refractivity contribution in [3.8, 4) is 0 Å². The average molecular weight is 475 g/mol. The molecule has 2 aromatic carbocycles. The summed E-state index contributed by atoms with van der Waals surface area (Å²) in [6, 6.07) is 13.1. The van der Waals surface area contributed by atoms with Crippen molar-refractivity contribution in [1.29, 1.82) is 0 Å². The standard InChI is InChI=1S/C22H23ClN4O4S/c1-15-12-26-27(14-32(30,31)19-5-3-2-4-6-19)22(29)20(15)10-21(28)25-13-17-9-18(23)8-7-16(17)11-24/h2-9,12H,10-11,13-14,24H2,1H3,(H,25,28). The molecule has 1 aromatic heterocycles. The highest BCUT2D eigenvalue weighted by molar-refractivity contribution is 7.90. The Kier molecular flexibility index (Phi) is 7.44. The number of hydrogen-bond donors (Lipinski definition) is 2. The van der Waals surface area contributed by atoms with Crippen LogP contribution in [-0.4, -0.2) is 24.1 Å². The van der Waals surface area contributed by atoms with Crippen molar-refractivity contribution in [2.75, 3.05) is 0 Å². The van der Waals surface area contributed by atoms with E-state index in [1.165, 1.54) is 18.3 Å². The van der Waals surface area contributed by atoms with Gasteiger partial charge in [-0.25, -0.2) is 13.1 Å². The second-order valence-electron chi connectivity index (χ2n) is 7.24. The van der Waals surface area contributed by atoms with Crippen molar-refractivity contribution >= 4 is 27.3 Å². The SMILES string of the molecule is Cc1cnn(CS(=O)(=O)c2ccccc2)c(=O)c1CC(=O)NCc1cc(Cl)ccc1CN. The fourth-order valence-electron chi connectivity index (χ4n) is 3.16. The molecule has 0 unspecified atom stereocenters. The molecule has 8 nitrogen and oxygen atoms in total. The first-order valence-corrected chi connectivity index (χ1v) is 11.8. The average Bonchev–Trinajstić information content (AvgIpc) is 2.78. The van der Waals surface area contributed by atoms with Crippen molar-refractivity contribution in [3.05, 3.63) is 92.4 Å². The maximum atomic E-state index is 12.9. The molecule has 0 spiro atoms. The smallest absolute Gasteiger partial charge is 0.271 e. The molecule has 0 bridgehead atoms. The number of rotatable bonds is 8. The van der Waals surface area contributed by atoms with Gasteiger partial charge in [0.1, 0.15) is 0 Å². The lowest BCUT2D eigenvalue weighted by Gasteiger charge is -2.12. The molecule has 0 atom stereocenters. The Bertz CT molecular complexity index is 1290. The molecule has 0 aliphatic heterocycles. The van der Waals surface area contributed by atoms with Gasteiger partial charge in [0, 0.05) is 23.7 Å². The lowest BCUT2D eigenvalue weighted by Crippen LogP contribution is -2.33. The quantitative estimate of drug-likeness (QED) is 0.514. The van der Waals surface area contributed by atoms with E-state index in [0.29, 0.717) is 17.1 Å². The maximum absolute atomic E-state index is 12.9. The second kappa shape index (κ2) is 10.1. The molecule has 1 amide bonds. The van der Waals surface area contributed by atoms with E-state index >= 15 is 0 Å². The normalized spacial score (nSPS) is 11.3. The molecule has 10 heteroatoms. The molecule has 168 valence electrons. The highest BCUT2D eigenvalue weighted by Gasteiger charge is 2.19. The van der Waals surface area contributed by atoms with Crippen LogP contribution in [0.3, 0.4) is 0 Å². The number of halogens is 1. The Morgan fingerprint density at radius 1 is 1.16 bits per heavy atom. The van der Waals surface area contributed by atoms with Crippen LogP contribution in [0.5, 0.6) is 0 Å². The van der Waals surface area contributed by atoms with E-state index in [2.05, 4.69) is 10.4 Å². The van der Waals surface area contributed by atoms with Crippen molar-refractivity contribution in [3.63, 3.8) is 0 Å². The number of nitrogens with one attached hydrogen (secondary N) is 1. The molecule has 0 saturated carbocycles. The van der Waals surface area contributed by atoms with Gasteiger partial charge in [-0.3, -0.25) is 9.59 Å². The molecule has 0 radical (unpaired) electrons. The van der Waals surface area contributed by atoms with Gasteiger partial charge in [0.2, 0.25) is 5.91 Å². The fraction of sp³-hybridized carbons (Fsp3) is 0.227. The molecule has 32 heavy (non-hydrogen) atoms. The van der Waals surface area contributed by atoms with Crippen molar-refractivity contribution < 1.29 is 13.2 Å². The zero-order valence-corrected chi connectivity index (χ0v) is 19.0. The van der Waals surface area contributed by atoms with E-state index in [0.717, 1.165) is 15.8 Å². The van der Waals surface area contributed by atoms with Gasteiger partial charge in [-0.2, -0.15) is 5.10 Å². The summed E-state index contributed by atoms with van der Waals surface area (Å²) in [6.45, 7) is 2.15. The van der Waals surface area contributed by atoms with Gasteiger partial charge in [-0.1, -0.05) is 35.9 Å². The van der Waals surface area contributed by atoms with Gasteiger partial charge in [0.15, 0.2) is 15.7 Å². The first kappa shape index (κ1) is 23.6. The third-order valence-electron chi connectivity index (χ3n) is 4.96. The molecule has 3 N–H and O–H groups in total. The fourth-order valence-corrected chi connectivity index (χ4v) is 4.58. The minimum Gasteiger partial charge on any atom is -0.352 e. The first-order chi connectivity index (χ1) is 15.2. The minimum atomic E-state index is -3.78. The van der Waals surface area contributed by atoms with E-state index in [4.69, 9.17) is 17.3 Å². The topological polar surface area (TPSA) is 124 Å². The largest absolute Gasteiger partial charge is 0.352 e. The molecule has 3 rings (SSSR count). The number of benzene rings is 2. The Morgan fingerprint density at radius 2 is 1.88 bits per heavy atom. The zero-order valence-electron chi connectivity index (χ0n) is 17.4. The predicted octanol–water partition coefficient (Wildman–Crippen LogP) is 1.95. The lowest BCUT2D eigenvalue weighted by molar-refractivity contribution is -0.120. The Balaban J connectivity index is 1.77. The van der Waals surface area contributed by atoms with Gasteiger partial charge in [0.25, 0.3) is 5.56 Å². The number of aryl methyl sites for hydroxylation is 1. The summed E-state index contributed by atoms with van der Waals surface area (Å²) in [6.07, 6.45) is 1.17. The monoisotopic (exact) mass is 474 g/mol. The number of hydrogen-bond acceptors (Lipinski definition) is 6. The van der Waals surface area contributed by atoms with Crippen LogP contribution in [0.15, 0.2) is 64.4 Å². The number of amides is 1. The number of sulfone groups is 1. The summed E-state index contributed by atoms with van der Waals surface area (Å²) >= 11 is 6.02. The van der Waals surface area contributed by atoms with E-state index < -0.39 is 27.2 Å². The van der Waals surface area contributed by atoms with Gasteiger partial charge in [0.05, 0.1) is 17.5 Å². The predicted molar refractivity (Wildman–Crippen MR) is 122 cm³/mol. The Morgan fingerprint density at radius 3 is 2.56 bits per heavy atom. The lowest BCUT2D eigenvalue weighted by atomic mass is 10.1. The van der Waals surface area contributed by atoms with E-state index in [-0.39, 0.29) is 23.4 Å². The number of carbonyl (C=O) groups excluding carboxylic acids is 1. The highest BCUT2D eigenvalue weighted by Crippen LogP contribution is 2.16. The van der Waals surface area contributed by atoms with Crippen LogP contribution in [0.4, 0.5) is 0 Å². The molecule has 0 saturated heterocycles. The minimum absolute atomic E-state index is 0.0887. The van der Waals surface area contributed by atoms with Gasteiger partial charge >= 0.3 is 0 Å². The Hall–Kier alpha value is -3.01. The highest BCUT2D eigenvalue weighted by atomic mass is 35.5. The van der Waals surface area contributed by atoms with Crippen molar-refractivity contribution in [2.24, 2.45) is 5.73 Å². The molecule has 3 aromatic rings. The molecular weight excluding hydrogens is 452 g/mol. The summed E-state index contributed by atoms with van der Waals surface area (Å²) in [4.78, 5) is 25.5. The summed E-state index contributed by atoms with van der Waals surface area (Å²) in [7, 11) is -3.78. The van der Waals surface area contributed by atoms with Crippen LogP contribution < -0.4 is 16.6 Å². The number of nitrogens with zero attached hydrogens (tertiary/aromatic N) is 2. The summed E-state index contributed by atoms with van der Waals surface area (Å²) < 4.78 is 26.1. The zero-order chi connectivity index (χ0) is 23.3. The summed E-state index contributed by atoms with van der Waals surface area (Å²) in [5.74, 6) is -1.01. The van der Waals surface area contributed by atoms with Crippen molar-refractivity contribution in [2.45, 2.75) is 37.2 Å². The van der Waals surface area contributed by atoms with Crippen LogP contribution in [0.2, 0.25) is 5.02 Å². The van der Waals surface area contributed by atoms with Crippen LogP contribution in [0.1, 0.15) is 22.3 Å². The van der Waals surface area contributed by atoms with E-state index in [9.17, 15) is 18.0 Å². The molecule has 0 aliphatic carbocycles. The summed E-state index contributed by atoms with van der Waals surface area (Å²) in [5.41, 5.74) is 7.43. The van der Waals surface area contributed by atoms with Crippen LogP contribution in [-0.2, 0) is 40.0 Å². The van der Waals surface area contributed by atoms with Gasteiger partial charge in [-0.05, 0) is 47.9 Å². The number of carbonyl (C=O) groups is 1. The second-order valence-corrected chi connectivity index (χ2v) is 9.63. The van der Waals surface area contributed by atoms with E-state index in [1.807, 2.05) is 0 Å². The third-order valence-corrected chi connectivity index (χ3v) is 6.77. The van der Waals surface area contributed by atoms with Crippen molar-refractivity contribution in [1.82, 2.24) is 15.1 Å². The molecule has 0 aliphatic rings. The maximum Gasteiger partial charge on any atom is 0.271 e.